The molecule has 1 N–H and O–H groups in total. The Bertz CT molecular complexity index is 659. The molecule has 0 atom stereocenters. The summed E-state index contributed by atoms with van der Waals surface area (Å²) in [5.41, 5.74) is 0. The van der Waals surface area contributed by atoms with Crippen molar-refractivity contribution < 1.29 is 9.69 Å². The van der Waals surface area contributed by atoms with E-state index in [9.17, 15) is 4.79 Å². The van der Waals surface area contributed by atoms with Crippen molar-refractivity contribution in [3.63, 3.8) is 0 Å². The number of nitrogens with zero attached hydrogens (tertiary/aromatic N) is 5. The molecule has 1 aromatic rings. The Labute approximate surface area is 181 Å². The molecule has 166 valence electrons. The minimum atomic E-state index is 0.343. The first-order valence-electron chi connectivity index (χ1n) is 12.2. The molecule has 7 nitrogen and oxygen atoms in total. The number of piperazine rings is 2. The highest BCUT2D eigenvalue weighted by atomic mass is 16.2. The highest BCUT2D eigenvalue weighted by molar-refractivity contribution is 5.76. The lowest BCUT2D eigenvalue weighted by Crippen LogP contribution is -3.14. The molecular weight excluding hydrogens is 376 g/mol. The number of quaternary nitrogens is 1. The monoisotopic (exact) mass is 415 g/mol. The third-order valence-electron chi connectivity index (χ3n) is 7.38. The molecule has 0 spiro atoms. The van der Waals surface area contributed by atoms with Gasteiger partial charge in [-0.25, -0.2) is 0 Å². The normalized spacial score (nSPS) is 21.8. The molecule has 1 amide bonds. The van der Waals surface area contributed by atoms with Gasteiger partial charge in [0.2, 0.25) is 5.91 Å². The van der Waals surface area contributed by atoms with E-state index in [2.05, 4.69) is 44.0 Å². The number of carbonyl (C=O) groups excluding carboxylic acids is 1. The zero-order chi connectivity index (χ0) is 20.8. The Hall–Kier alpha value is -1.89. The van der Waals surface area contributed by atoms with Crippen molar-refractivity contribution >= 4 is 17.5 Å². The smallest absolute Gasteiger partial charge is 0.222 e. The van der Waals surface area contributed by atoms with E-state index in [1.165, 1.54) is 51.7 Å². The number of hydrogen-bond acceptors (Lipinski definition) is 5. The lowest BCUT2D eigenvalue weighted by Gasteiger charge is -2.36. The minimum absolute atomic E-state index is 0.343. The van der Waals surface area contributed by atoms with E-state index < -0.39 is 0 Å². The Morgan fingerprint density at radius 2 is 1.53 bits per heavy atom. The van der Waals surface area contributed by atoms with Crippen LogP contribution >= 0.6 is 0 Å². The quantitative estimate of drug-likeness (QED) is 0.757. The molecule has 3 fully saturated rings. The van der Waals surface area contributed by atoms with Crippen LogP contribution in [0.25, 0.3) is 0 Å². The van der Waals surface area contributed by atoms with Crippen LogP contribution in [0.1, 0.15) is 51.9 Å². The van der Waals surface area contributed by atoms with Gasteiger partial charge in [-0.1, -0.05) is 32.1 Å². The number of amides is 1. The first kappa shape index (κ1) is 21.3. The average molecular weight is 416 g/mol. The average Bonchev–Trinajstić information content (AvgIpc) is 2.83. The highest BCUT2D eigenvalue weighted by Gasteiger charge is 2.24. The second kappa shape index (κ2) is 10.4. The molecule has 0 aromatic carbocycles. The molecule has 7 heteroatoms. The molecule has 2 saturated heterocycles. The van der Waals surface area contributed by atoms with Gasteiger partial charge in [0.15, 0.2) is 11.6 Å². The zero-order valence-electron chi connectivity index (χ0n) is 18.7. The van der Waals surface area contributed by atoms with E-state index >= 15 is 0 Å². The Kier molecular flexibility index (Phi) is 7.42. The van der Waals surface area contributed by atoms with Gasteiger partial charge in [-0.3, -0.25) is 4.79 Å². The lowest BCUT2D eigenvalue weighted by molar-refractivity contribution is -0.898. The van der Waals surface area contributed by atoms with Crippen LogP contribution in [0.2, 0.25) is 0 Å². The molecule has 2 aliphatic heterocycles. The molecule has 1 aromatic heterocycles. The van der Waals surface area contributed by atoms with Gasteiger partial charge in [-0.05, 0) is 31.4 Å². The van der Waals surface area contributed by atoms with Crippen molar-refractivity contribution in [1.29, 1.82) is 0 Å². The maximum Gasteiger partial charge on any atom is 0.222 e. The SMILES string of the molecule is CC[NH+]1CCN(c2ccc(N3CCN(C(=O)CCC4CCCCC4)CC3)nn2)CC1. The Morgan fingerprint density at radius 1 is 0.933 bits per heavy atom. The predicted octanol–water partition coefficient (Wildman–Crippen LogP) is 1.21. The fourth-order valence-corrected chi connectivity index (χ4v) is 5.21. The van der Waals surface area contributed by atoms with Crippen LogP contribution in [0.5, 0.6) is 0 Å². The summed E-state index contributed by atoms with van der Waals surface area (Å²) in [4.78, 5) is 21.0. The first-order valence-corrected chi connectivity index (χ1v) is 12.2. The summed E-state index contributed by atoms with van der Waals surface area (Å²) in [5, 5.41) is 9.02. The maximum atomic E-state index is 12.6. The molecule has 3 aliphatic rings. The number of hydrogen-bond donors (Lipinski definition) is 1. The van der Waals surface area contributed by atoms with E-state index in [-0.39, 0.29) is 0 Å². The van der Waals surface area contributed by atoms with E-state index in [1.54, 1.807) is 4.90 Å². The van der Waals surface area contributed by atoms with E-state index in [0.29, 0.717) is 5.91 Å². The zero-order valence-corrected chi connectivity index (χ0v) is 18.7. The number of carbonyl (C=O) groups is 1. The van der Waals surface area contributed by atoms with Crippen LogP contribution in [0.3, 0.4) is 0 Å². The van der Waals surface area contributed by atoms with Crippen molar-refractivity contribution in [3.8, 4) is 0 Å². The largest absolute Gasteiger partial charge is 0.352 e. The summed E-state index contributed by atoms with van der Waals surface area (Å²) in [6.07, 6.45) is 8.55. The van der Waals surface area contributed by atoms with Crippen LogP contribution < -0.4 is 14.7 Å². The van der Waals surface area contributed by atoms with Crippen molar-refractivity contribution in [3.05, 3.63) is 12.1 Å². The van der Waals surface area contributed by atoms with Crippen LogP contribution in [0, 0.1) is 5.92 Å². The number of likely N-dealkylation sites (N-methyl/N-ethyl adjacent to an activating group) is 1. The number of anilines is 2. The van der Waals surface area contributed by atoms with Gasteiger partial charge in [-0.2, -0.15) is 0 Å². The van der Waals surface area contributed by atoms with E-state index in [4.69, 9.17) is 0 Å². The van der Waals surface area contributed by atoms with E-state index in [1.807, 2.05) is 0 Å². The van der Waals surface area contributed by atoms with Gasteiger partial charge in [-0.15, -0.1) is 10.2 Å². The van der Waals surface area contributed by atoms with Crippen molar-refractivity contribution in [2.45, 2.75) is 51.9 Å². The van der Waals surface area contributed by atoms with Gasteiger partial charge >= 0.3 is 0 Å². The molecule has 1 aliphatic carbocycles. The predicted molar refractivity (Wildman–Crippen MR) is 120 cm³/mol. The molecule has 0 bridgehead atoms. The summed E-state index contributed by atoms with van der Waals surface area (Å²) in [7, 11) is 0. The molecule has 0 radical (unpaired) electrons. The highest BCUT2D eigenvalue weighted by Crippen LogP contribution is 2.27. The number of nitrogens with one attached hydrogen (secondary N) is 1. The van der Waals surface area contributed by atoms with Gasteiger partial charge in [0.1, 0.15) is 0 Å². The summed E-state index contributed by atoms with van der Waals surface area (Å²) in [5.74, 6) is 3.05. The topological polar surface area (TPSA) is 57.0 Å². The second-order valence-electron chi connectivity index (χ2n) is 9.25. The molecular formula is C23H39N6O+. The van der Waals surface area contributed by atoms with Crippen molar-refractivity contribution in [2.24, 2.45) is 5.92 Å². The summed E-state index contributed by atoms with van der Waals surface area (Å²) in [6.45, 7) is 11.2. The van der Waals surface area contributed by atoms with Gasteiger partial charge in [0, 0.05) is 32.6 Å². The molecule has 4 rings (SSSR count). The fraction of sp³-hybridized carbons (Fsp3) is 0.783. The summed E-state index contributed by atoms with van der Waals surface area (Å²) in [6, 6.07) is 4.21. The van der Waals surface area contributed by atoms with Gasteiger partial charge < -0.3 is 19.6 Å². The van der Waals surface area contributed by atoms with E-state index in [0.717, 1.165) is 69.7 Å². The van der Waals surface area contributed by atoms with Crippen molar-refractivity contribution in [2.75, 3.05) is 68.7 Å². The Balaban J connectivity index is 1.21. The standard InChI is InChI=1S/C23H38N6O/c1-2-26-12-14-27(15-13-26)21-9-10-22(25-24-21)28-16-18-29(19-17-28)23(30)11-8-20-6-4-3-5-7-20/h9-10,20H,2-8,11-19H2,1H3/p+1. The second-order valence-corrected chi connectivity index (χ2v) is 9.25. The third-order valence-corrected chi connectivity index (χ3v) is 7.38. The third kappa shape index (κ3) is 5.42. The van der Waals surface area contributed by atoms with Crippen LogP contribution in [0.15, 0.2) is 12.1 Å². The Morgan fingerprint density at radius 3 is 2.10 bits per heavy atom. The summed E-state index contributed by atoms with van der Waals surface area (Å²) < 4.78 is 0. The molecule has 3 heterocycles. The molecule has 1 saturated carbocycles. The summed E-state index contributed by atoms with van der Waals surface area (Å²) >= 11 is 0. The number of rotatable bonds is 6. The minimum Gasteiger partial charge on any atom is -0.352 e. The van der Waals surface area contributed by atoms with Crippen LogP contribution in [0.4, 0.5) is 11.6 Å². The fourth-order valence-electron chi connectivity index (χ4n) is 5.21. The number of aromatic nitrogens is 2. The first-order chi connectivity index (χ1) is 14.7. The van der Waals surface area contributed by atoms with Crippen molar-refractivity contribution in [1.82, 2.24) is 15.1 Å². The van der Waals surface area contributed by atoms with Gasteiger partial charge in [0.25, 0.3) is 0 Å². The van der Waals surface area contributed by atoms with Gasteiger partial charge in [0.05, 0.1) is 32.7 Å². The van der Waals surface area contributed by atoms with Crippen LogP contribution in [-0.4, -0.2) is 79.9 Å². The lowest BCUT2D eigenvalue weighted by atomic mass is 9.86. The molecule has 0 unspecified atom stereocenters. The maximum absolute atomic E-state index is 12.6. The van der Waals surface area contributed by atoms with Crippen LogP contribution in [-0.2, 0) is 4.79 Å². The molecule has 30 heavy (non-hydrogen) atoms.